The van der Waals surface area contributed by atoms with Crippen LogP contribution < -0.4 is 17.9 Å². The summed E-state index contributed by atoms with van der Waals surface area (Å²) in [4.78, 5) is 19.6. The van der Waals surface area contributed by atoms with Crippen molar-refractivity contribution in [2.24, 2.45) is 5.41 Å². The van der Waals surface area contributed by atoms with Crippen molar-refractivity contribution in [3.63, 3.8) is 0 Å². The minimum Gasteiger partial charge on any atom is -0.351 e. The van der Waals surface area contributed by atoms with Crippen LogP contribution in [0.1, 0.15) is 329 Å². The molecule has 4 aromatic rings. The molecule has 0 fully saturated rings. The van der Waals surface area contributed by atoms with E-state index in [1.165, 1.54) is 151 Å². The summed E-state index contributed by atoms with van der Waals surface area (Å²) in [6.45, 7) is 31.1. The smallest absolute Gasteiger partial charge is 0.192 e. The summed E-state index contributed by atoms with van der Waals surface area (Å²) < 4.78 is 85.5. The third-order valence-corrected chi connectivity index (χ3v) is 24.7. The molecule has 0 spiro atoms. The quantitative estimate of drug-likeness (QED) is 0.0233. The number of ether oxygens (including phenoxy) is 12. The number of hydrogen-bond acceptors (Lipinski definition) is 16. The Morgan fingerprint density at radius 1 is 0.299 bits per heavy atom. The maximum absolute atomic E-state index is 7.62. The lowest BCUT2D eigenvalue weighted by Gasteiger charge is -2.39. The first-order valence-electron chi connectivity index (χ1n) is 45.7. The lowest BCUT2D eigenvalue weighted by atomic mass is 9.91. The van der Waals surface area contributed by atoms with Crippen molar-refractivity contribution in [2.45, 2.75) is 310 Å². The van der Waals surface area contributed by atoms with Crippen LogP contribution in [0, 0.1) is 5.41 Å². The minimum absolute atomic E-state index is 0.0138. The van der Waals surface area contributed by atoms with Gasteiger partial charge in [-0.05, 0) is 154 Å². The molecule has 0 saturated heterocycles. The fourth-order valence-electron chi connectivity index (χ4n) is 17.0. The van der Waals surface area contributed by atoms with Gasteiger partial charge in [0.05, 0.1) is 188 Å². The molecule has 4 aliphatic rings. The summed E-state index contributed by atoms with van der Waals surface area (Å²) in [5.41, 5.74) is 15.5. The third-order valence-electron chi connectivity index (χ3n) is 24.7. The number of hydrogen-bond donors (Lipinski definition) is 0. The van der Waals surface area contributed by atoms with Crippen molar-refractivity contribution in [1.82, 2.24) is 37.9 Å². The Bertz CT molecular complexity index is 3120. The highest BCUT2D eigenvalue weighted by atomic mass is 16.8. The molecule has 0 saturated carbocycles. The topological polar surface area (TPSA) is 162 Å². The van der Waals surface area contributed by atoms with E-state index in [1.807, 2.05) is 49.6 Å². The highest BCUT2D eigenvalue weighted by Gasteiger charge is 2.44. The van der Waals surface area contributed by atoms with E-state index < -0.39 is 30.6 Å². The van der Waals surface area contributed by atoms with Crippen LogP contribution in [-0.4, -0.2) is 156 Å². The number of aromatic nitrogens is 4. The van der Waals surface area contributed by atoms with Crippen LogP contribution >= 0.6 is 0 Å². The molecule has 0 aliphatic carbocycles. The maximum atomic E-state index is 7.62. The molecule has 20 nitrogen and oxygen atoms in total. The van der Waals surface area contributed by atoms with Crippen molar-refractivity contribution in [1.29, 1.82) is 0 Å². The SMILES string of the molecule is C=C(CCCC)CCCCCCC[N+](C)(C)c1cncc2c1C(OCC(COC1OCOCc3cncc([N+](C)(C)CCCCCCCC(=C)CCCC)c31)(COC1OCOCc3cncc([N+](C)(C)CCCCCCCC(=C)CCCC)c31)COC1OCOCc3cncc([N+](C)(C)CCCCCCCC(=C)CCCC)c31)OCOC2. The van der Waals surface area contributed by atoms with E-state index in [4.69, 9.17) is 76.8 Å². The predicted molar refractivity (Wildman–Crippen MR) is 477 cm³/mol. The molecular weight excluding hydrogens is 1470 g/mol. The second-order valence-corrected chi connectivity index (χ2v) is 36.6. The number of rotatable bonds is 60. The first-order valence-corrected chi connectivity index (χ1v) is 45.7. The summed E-state index contributed by atoms with van der Waals surface area (Å²) in [7, 11) is 18.2. The molecule has 656 valence electrons. The summed E-state index contributed by atoms with van der Waals surface area (Å²) in [6, 6.07) is 0. The van der Waals surface area contributed by atoms with Crippen LogP contribution in [0.4, 0.5) is 22.7 Å². The van der Waals surface area contributed by atoms with Crippen LogP contribution in [0.3, 0.4) is 0 Å². The minimum atomic E-state index is -1.24. The van der Waals surface area contributed by atoms with Crippen molar-refractivity contribution in [3.05, 3.63) is 143 Å². The van der Waals surface area contributed by atoms with Crippen LogP contribution in [0.15, 0.2) is 98.2 Å². The second kappa shape index (κ2) is 51.8. The van der Waals surface area contributed by atoms with Gasteiger partial charge < -0.3 is 56.8 Å². The molecule has 0 N–H and O–H groups in total. The Kier molecular flexibility index (Phi) is 43.1. The number of allylic oxidation sites excluding steroid dienone is 4. The van der Waals surface area contributed by atoms with Gasteiger partial charge in [-0.2, -0.15) is 0 Å². The number of fused-ring (bicyclic) bond motifs is 4. The Morgan fingerprint density at radius 3 is 0.709 bits per heavy atom. The molecule has 4 unspecified atom stereocenters. The summed E-state index contributed by atoms with van der Waals surface area (Å²) in [5.74, 6) is 0. The molecule has 8 rings (SSSR count). The van der Waals surface area contributed by atoms with E-state index >= 15 is 0 Å². The standard InChI is InChI=1S/C97H160N8O12/c1-17-21-45-77(5)49-37-29-25-33-41-53-102(9,10)85-61-98-57-81-65-106-73-114-93(89(81)85)110-69-97(70-111-94-90-82(66-107-74-115-94)58-99-62-86(90)103(11,12)54-42-34-26-30-38-50-78(6)46-22-18-2,71-112-95-91-83(67-108-75-116-95)59-100-63-87(91)104(13,14)55-43-35-27-31-39-51-79(7)47-23-19-3)72-113-96-92-84(68-109-76-117-96)60-101-64-88(92)105(15,16)56-44-36-28-32-40-52-80(8)48-24-20-4/h57-64,93-96H,5-8,17-56,65-76H2,1-4,9-16H3/q+4. The molecule has 0 bridgehead atoms. The van der Waals surface area contributed by atoms with E-state index in [2.05, 4.69) is 110 Å². The van der Waals surface area contributed by atoms with E-state index in [-0.39, 0.29) is 53.6 Å². The van der Waals surface area contributed by atoms with E-state index in [0.717, 1.165) is 196 Å². The molecule has 4 atom stereocenters. The molecule has 117 heavy (non-hydrogen) atoms. The molecule has 0 aromatic carbocycles. The van der Waals surface area contributed by atoms with Gasteiger partial charge in [-0.3, -0.25) is 37.9 Å². The highest BCUT2D eigenvalue weighted by Crippen LogP contribution is 2.45. The number of nitrogens with zero attached hydrogens (tertiary/aromatic N) is 8. The van der Waals surface area contributed by atoms with Crippen LogP contribution in [0.2, 0.25) is 0 Å². The van der Waals surface area contributed by atoms with Gasteiger partial charge in [0.1, 0.15) is 0 Å². The number of unbranched alkanes of at least 4 members (excludes halogenated alkanes) is 20. The van der Waals surface area contributed by atoms with Crippen LogP contribution in [-0.2, 0) is 83.3 Å². The largest absolute Gasteiger partial charge is 0.351 e. The van der Waals surface area contributed by atoms with Crippen molar-refractivity contribution in [3.8, 4) is 0 Å². The van der Waals surface area contributed by atoms with Gasteiger partial charge >= 0.3 is 0 Å². The van der Waals surface area contributed by atoms with Crippen molar-refractivity contribution >= 4 is 22.7 Å². The van der Waals surface area contributed by atoms with Crippen molar-refractivity contribution < 1.29 is 56.8 Å². The number of pyridine rings is 4. The first kappa shape index (κ1) is 97.4. The Balaban J connectivity index is 1.18. The predicted octanol–water partition coefficient (Wildman–Crippen LogP) is 23.0. The fourth-order valence-corrected chi connectivity index (χ4v) is 17.0. The average molecular weight is 1630 g/mol. The van der Waals surface area contributed by atoms with E-state index in [0.29, 0.717) is 44.4 Å². The van der Waals surface area contributed by atoms with Gasteiger partial charge in [-0.15, -0.1) is 0 Å². The van der Waals surface area contributed by atoms with Gasteiger partial charge in [0.25, 0.3) is 0 Å². The molecular formula is C97H160N8O12+4. The van der Waals surface area contributed by atoms with Crippen LogP contribution in [0.25, 0.3) is 0 Å². The molecule has 4 aliphatic heterocycles. The Hall–Kier alpha value is -5.08. The molecule has 8 heterocycles. The summed E-state index contributed by atoms with van der Waals surface area (Å²) in [6.07, 6.45) is 53.4. The molecule has 20 heteroatoms. The lowest BCUT2D eigenvalue weighted by molar-refractivity contribution is -0.269. The fraction of sp³-hybridized carbons (Fsp3) is 0.711. The monoisotopic (exact) mass is 1630 g/mol. The molecule has 0 radical (unpaired) electrons. The third kappa shape index (κ3) is 32.0. The van der Waals surface area contributed by atoms with Crippen molar-refractivity contribution in [2.75, 3.05) is 136 Å². The lowest BCUT2D eigenvalue weighted by Crippen LogP contribution is -2.45. The first-order chi connectivity index (χ1) is 56.6. The summed E-state index contributed by atoms with van der Waals surface area (Å²) >= 11 is 0. The number of quaternary nitrogens is 4. The molecule has 0 amide bonds. The average Bonchev–Trinajstić information content (AvgIpc) is 1.78. The zero-order valence-electron chi connectivity index (χ0n) is 75.5. The van der Waals surface area contributed by atoms with Gasteiger partial charge in [-0.25, -0.2) is 0 Å². The van der Waals surface area contributed by atoms with E-state index in [1.54, 1.807) is 0 Å². The zero-order valence-corrected chi connectivity index (χ0v) is 75.5. The summed E-state index contributed by atoms with van der Waals surface area (Å²) in [5, 5.41) is 0. The van der Waals surface area contributed by atoms with Gasteiger partial charge in [-0.1, -0.05) is 153 Å². The molecule has 4 aromatic heterocycles. The van der Waals surface area contributed by atoms with Gasteiger partial charge in [0.15, 0.2) is 75.1 Å². The van der Waals surface area contributed by atoms with E-state index in [9.17, 15) is 0 Å². The maximum Gasteiger partial charge on any atom is 0.192 e. The normalized spacial score (nSPS) is 18.0. The van der Waals surface area contributed by atoms with Gasteiger partial charge in [0.2, 0.25) is 0 Å². The highest BCUT2D eigenvalue weighted by molar-refractivity contribution is 5.55. The van der Waals surface area contributed by atoms with Gasteiger partial charge in [0, 0.05) is 47.0 Å². The van der Waals surface area contributed by atoms with Crippen LogP contribution in [0.5, 0.6) is 0 Å². The Morgan fingerprint density at radius 2 is 0.496 bits per heavy atom. The second-order valence-electron chi connectivity index (χ2n) is 36.6. The Labute approximate surface area is 708 Å². The zero-order chi connectivity index (χ0) is 83.8.